The van der Waals surface area contributed by atoms with E-state index < -0.39 is 5.97 Å². The van der Waals surface area contributed by atoms with Crippen molar-refractivity contribution >= 4 is 11.8 Å². The van der Waals surface area contributed by atoms with Gasteiger partial charge in [-0.1, -0.05) is 0 Å². The number of anilines is 1. The van der Waals surface area contributed by atoms with Crippen molar-refractivity contribution in [2.45, 2.75) is 0 Å². The zero-order chi connectivity index (χ0) is 10.6. The standard InChI is InChI=1S/C9H13N3O2/c1-12(2)11-8-7(9(13)14-3)5-4-6-10-8/h4-6H,1-3H3,(H,10,11). The van der Waals surface area contributed by atoms with Crippen LogP contribution in [-0.2, 0) is 4.74 Å². The fourth-order valence-electron chi connectivity index (χ4n) is 0.981. The summed E-state index contributed by atoms with van der Waals surface area (Å²) < 4.78 is 4.62. The van der Waals surface area contributed by atoms with Gasteiger partial charge in [0.15, 0.2) is 5.82 Å². The van der Waals surface area contributed by atoms with Crippen LogP contribution in [-0.4, -0.2) is 37.2 Å². The highest BCUT2D eigenvalue weighted by Crippen LogP contribution is 2.12. The molecule has 5 nitrogen and oxygen atoms in total. The minimum atomic E-state index is -0.401. The zero-order valence-electron chi connectivity index (χ0n) is 8.44. The molecule has 1 N–H and O–H groups in total. The maximum atomic E-state index is 11.3. The summed E-state index contributed by atoms with van der Waals surface area (Å²) in [6.07, 6.45) is 1.61. The van der Waals surface area contributed by atoms with Gasteiger partial charge in [0.1, 0.15) is 5.56 Å². The largest absolute Gasteiger partial charge is 0.465 e. The molecular weight excluding hydrogens is 182 g/mol. The quantitative estimate of drug-likeness (QED) is 0.570. The third-order valence-electron chi connectivity index (χ3n) is 1.54. The number of ether oxygens (including phenoxy) is 1. The first kappa shape index (κ1) is 10.5. The molecule has 0 radical (unpaired) electrons. The van der Waals surface area contributed by atoms with E-state index in [0.29, 0.717) is 11.4 Å². The summed E-state index contributed by atoms with van der Waals surface area (Å²) in [4.78, 5) is 15.3. The number of hydrogen-bond donors (Lipinski definition) is 1. The molecule has 1 rings (SSSR count). The number of hydrazine groups is 1. The third-order valence-corrected chi connectivity index (χ3v) is 1.54. The van der Waals surface area contributed by atoms with Crippen LogP contribution in [0.5, 0.6) is 0 Å². The molecule has 1 aromatic rings. The van der Waals surface area contributed by atoms with Gasteiger partial charge in [0, 0.05) is 20.3 Å². The summed E-state index contributed by atoms with van der Waals surface area (Å²) in [5, 5.41) is 1.70. The van der Waals surface area contributed by atoms with Crippen LogP contribution in [0.25, 0.3) is 0 Å². The van der Waals surface area contributed by atoms with Gasteiger partial charge < -0.3 is 10.2 Å². The lowest BCUT2D eigenvalue weighted by atomic mass is 10.2. The topological polar surface area (TPSA) is 54.5 Å². The van der Waals surface area contributed by atoms with Gasteiger partial charge in [-0.05, 0) is 12.1 Å². The lowest BCUT2D eigenvalue weighted by Crippen LogP contribution is -2.22. The van der Waals surface area contributed by atoms with Crippen LogP contribution in [0, 0.1) is 0 Å². The number of nitrogens with zero attached hydrogens (tertiary/aromatic N) is 2. The molecule has 0 unspecified atom stereocenters. The number of hydrogen-bond acceptors (Lipinski definition) is 5. The summed E-state index contributed by atoms with van der Waals surface area (Å²) in [5.74, 6) is 0.0896. The molecule has 0 aliphatic rings. The number of nitrogens with one attached hydrogen (secondary N) is 1. The van der Waals surface area contributed by atoms with Crippen molar-refractivity contribution in [2.75, 3.05) is 26.6 Å². The second-order valence-corrected chi connectivity index (χ2v) is 2.90. The second kappa shape index (κ2) is 4.57. The third kappa shape index (κ3) is 2.43. The van der Waals surface area contributed by atoms with Gasteiger partial charge in [0.05, 0.1) is 7.11 Å². The molecule has 0 fully saturated rings. The Labute approximate surface area is 82.7 Å². The second-order valence-electron chi connectivity index (χ2n) is 2.90. The van der Waals surface area contributed by atoms with Gasteiger partial charge in [-0.3, -0.25) is 0 Å². The molecule has 1 heterocycles. The molecule has 0 aromatic carbocycles. The Hall–Kier alpha value is -1.62. The minimum Gasteiger partial charge on any atom is -0.465 e. The van der Waals surface area contributed by atoms with Gasteiger partial charge in [0.2, 0.25) is 0 Å². The number of carbonyl (C=O) groups excluding carboxylic acids is 1. The van der Waals surface area contributed by atoms with Gasteiger partial charge in [0.25, 0.3) is 0 Å². The molecule has 0 aliphatic heterocycles. The smallest absolute Gasteiger partial charge is 0.341 e. The molecule has 1 aromatic heterocycles. The van der Waals surface area contributed by atoms with E-state index >= 15 is 0 Å². The van der Waals surface area contributed by atoms with Gasteiger partial charge >= 0.3 is 5.97 Å². The predicted molar refractivity (Wildman–Crippen MR) is 52.9 cm³/mol. The summed E-state index contributed by atoms with van der Waals surface area (Å²) >= 11 is 0. The normalized spacial score (nSPS) is 10.0. The maximum Gasteiger partial charge on any atom is 0.341 e. The minimum absolute atomic E-state index is 0.401. The van der Waals surface area contributed by atoms with Crippen molar-refractivity contribution in [1.29, 1.82) is 0 Å². The molecule has 14 heavy (non-hydrogen) atoms. The van der Waals surface area contributed by atoms with Crippen LogP contribution in [0.4, 0.5) is 5.82 Å². The average Bonchev–Trinajstić information content (AvgIpc) is 2.16. The molecule has 0 atom stereocenters. The highest BCUT2D eigenvalue weighted by molar-refractivity contribution is 5.94. The van der Waals surface area contributed by atoms with Crippen molar-refractivity contribution in [3.05, 3.63) is 23.9 Å². The zero-order valence-corrected chi connectivity index (χ0v) is 8.44. The first-order valence-electron chi connectivity index (χ1n) is 4.12. The number of pyridine rings is 1. The van der Waals surface area contributed by atoms with Crippen LogP contribution < -0.4 is 5.43 Å². The average molecular weight is 195 g/mol. The highest BCUT2D eigenvalue weighted by atomic mass is 16.5. The molecule has 76 valence electrons. The first-order valence-corrected chi connectivity index (χ1v) is 4.12. The molecular formula is C9H13N3O2. The van der Waals surface area contributed by atoms with E-state index in [2.05, 4.69) is 15.1 Å². The number of carbonyl (C=O) groups is 1. The Balaban J connectivity index is 2.97. The summed E-state index contributed by atoms with van der Waals surface area (Å²) in [5.41, 5.74) is 3.33. The van der Waals surface area contributed by atoms with Crippen LogP contribution in [0.3, 0.4) is 0 Å². The van der Waals surface area contributed by atoms with Gasteiger partial charge in [-0.15, -0.1) is 0 Å². The predicted octanol–water partition coefficient (Wildman–Crippen LogP) is 0.757. The molecule has 0 amide bonds. The Morgan fingerprint density at radius 3 is 2.86 bits per heavy atom. The van der Waals surface area contributed by atoms with Crippen molar-refractivity contribution in [3.63, 3.8) is 0 Å². The highest BCUT2D eigenvalue weighted by Gasteiger charge is 2.12. The van der Waals surface area contributed by atoms with E-state index in [0.717, 1.165) is 0 Å². The summed E-state index contributed by atoms with van der Waals surface area (Å²) in [6, 6.07) is 3.34. The Kier molecular flexibility index (Phi) is 3.41. The molecule has 5 heteroatoms. The lowest BCUT2D eigenvalue weighted by molar-refractivity contribution is 0.0601. The van der Waals surface area contributed by atoms with E-state index in [1.807, 2.05) is 14.1 Å². The molecule has 0 saturated carbocycles. The molecule has 0 bridgehead atoms. The van der Waals surface area contributed by atoms with Crippen molar-refractivity contribution < 1.29 is 9.53 Å². The maximum absolute atomic E-state index is 11.3. The van der Waals surface area contributed by atoms with Crippen molar-refractivity contribution in [2.24, 2.45) is 0 Å². The monoisotopic (exact) mass is 195 g/mol. The van der Waals surface area contributed by atoms with Crippen LogP contribution in [0.15, 0.2) is 18.3 Å². The number of methoxy groups -OCH3 is 1. The summed E-state index contributed by atoms with van der Waals surface area (Å²) in [6.45, 7) is 0. The van der Waals surface area contributed by atoms with E-state index in [-0.39, 0.29) is 0 Å². The number of aromatic nitrogens is 1. The Morgan fingerprint density at radius 1 is 1.57 bits per heavy atom. The molecule has 0 spiro atoms. The van der Waals surface area contributed by atoms with Gasteiger partial charge in [-0.2, -0.15) is 0 Å². The fraction of sp³-hybridized carbons (Fsp3) is 0.333. The Morgan fingerprint density at radius 2 is 2.29 bits per heavy atom. The SMILES string of the molecule is COC(=O)c1cccnc1NN(C)C. The molecule has 0 aliphatic carbocycles. The van der Waals surface area contributed by atoms with Crippen LogP contribution >= 0.6 is 0 Å². The Bertz CT molecular complexity index is 326. The van der Waals surface area contributed by atoms with Crippen LogP contribution in [0.2, 0.25) is 0 Å². The summed E-state index contributed by atoms with van der Waals surface area (Å²) in [7, 11) is 4.97. The van der Waals surface area contributed by atoms with Crippen molar-refractivity contribution in [1.82, 2.24) is 9.99 Å². The fourth-order valence-corrected chi connectivity index (χ4v) is 0.981. The van der Waals surface area contributed by atoms with E-state index in [9.17, 15) is 4.79 Å². The van der Waals surface area contributed by atoms with E-state index in [4.69, 9.17) is 0 Å². The molecule has 0 saturated heterocycles. The van der Waals surface area contributed by atoms with Crippen molar-refractivity contribution in [3.8, 4) is 0 Å². The van der Waals surface area contributed by atoms with E-state index in [1.54, 1.807) is 23.3 Å². The number of rotatable bonds is 3. The lowest BCUT2D eigenvalue weighted by Gasteiger charge is -2.14. The number of esters is 1. The van der Waals surface area contributed by atoms with Gasteiger partial charge in [-0.25, -0.2) is 14.8 Å². The van der Waals surface area contributed by atoms with Crippen LogP contribution in [0.1, 0.15) is 10.4 Å². The first-order chi connectivity index (χ1) is 6.65. The van der Waals surface area contributed by atoms with E-state index in [1.165, 1.54) is 7.11 Å².